The highest BCUT2D eigenvalue weighted by Gasteiger charge is 2.62. The van der Waals surface area contributed by atoms with E-state index in [1.54, 1.807) is 0 Å². The SMILES string of the molecule is NC(=S)N[C@H]1CCCCC/C=C\[C@@H]2C[C@@]2(C(=O)NS(=O)(=O)C2CC2)NC(=O)[C@@H]2C[C@@H](OC=O)CN2C1=O. The van der Waals surface area contributed by atoms with E-state index in [-0.39, 0.29) is 36.9 Å². The van der Waals surface area contributed by atoms with Crippen molar-refractivity contribution < 1.29 is 32.3 Å². The molecule has 0 bridgehead atoms. The number of nitrogens with one attached hydrogen (secondary N) is 3. The quantitative estimate of drug-likeness (QED) is 0.187. The van der Waals surface area contributed by atoms with Crippen LogP contribution in [0.2, 0.25) is 0 Å². The first-order valence-electron chi connectivity index (χ1n) is 12.6. The topological polar surface area (TPSA) is 177 Å². The van der Waals surface area contributed by atoms with Gasteiger partial charge in [-0.1, -0.05) is 25.0 Å². The molecular weight excluding hydrogens is 522 g/mol. The number of thiocarbonyl (C=S) groups is 1. The van der Waals surface area contributed by atoms with Crippen molar-refractivity contribution in [2.75, 3.05) is 6.54 Å². The molecule has 4 rings (SSSR count). The zero-order valence-electron chi connectivity index (χ0n) is 20.4. The molecule has 3 amide bonds. The number of rotatable bonds is 6. The van der Waals surface area contributed by atoms with Gasteiger partial charge in [0.2, 0.25) is 21.8 Å². The Kier molecular flexibility index (Phi) is 8.07. The van der Waals surface area contributed by atoms with Gasteiger partial charge in [0.15, 0.2) is 5.11 Å². The molecule has 0 aromatic rings. The largest absolute Gasteiger partial charge is 0.463 e. The van der Waals surface area contributed by atoms with Crippen LogP contribution in [0, 0.1) is 5.92 Å². The average Bonchev–Trinajstić information content (AvgIpc) is 3.74. The Hall–Kier alpha value is -2.74. The van der Waals surface area contributed by atoms with Crippen LogP contribution < -0.4 is 21.1 Å². The van der Waals surface area contributed by atoms with Gasteiger partial charge >= 0.3 is 0 Å². The van der Waals surface area contributed by atoms with Crippen LogP contribution in [-0.4, -0.2) is 78.1 Å². The van der Waals surface area contributed by atoms with E-state index in [0.29, 0.717) is 25.7 Å². The van der Waals surface area contributed by atoms with Crippen LogP contribution in [0.25, 0.3) is 0 Å². The maximum Gasteiger partial charge on any atom is 0.293 e. The molecule has 2 heterocycles. The summed E-state index contributed by atoms with van der Waals surface area (Å²) in [6, 6.07) is -1.80. The highest BCUT2D eigenvalue weighted by atomic mass is 32.2. The maximum atomic E-state index is 13.5. The van der Waals surface area contributed by atoms with Gasteiger partial charge < -0.3 is 26.0 Å². The van der Waals surface area contributed by atoms with Crippen molar-refractivity contribution in [3.63, 3.8) is 0 Å². The zero-order valence-corrected chi connectivity index (χ0v) is 22.0. The number of ether oxygens (including phenoxy) is 1. The lowest BCUT2D eigenvalue weighted by Gasteiger charge is -2.30. The smallest absolute Gasteiger partial charge is 0.293 e. The molecule has 0 unspecified atom stereocenters. The van der Waals surface area contributed by atoms with Crippen molar-refractivity contribution in [3.05, 3.63) is 12.2 Å². The van der Waals surface area contributed by atoms with E-state index in [2.05, 4.69) is 15.4 Å². The van der Waals surface area contributed by atoms with Gasteiger partial charge in [-0.3, -0.25) is 23.9 Å². The van der Waals surface area contributed by atoms with Crippen LogP contribution in [0.3, 0.4) is 0 Å². The predicted octanol–water partition coefficient (Wildman–Crippen LogP) is -0.666. The molecule has 2 saturated carbocycles. The molecule has 0 radical (unpaired) electrons. The molecule has 0 spiro atoms. The van der Waals surface area contributed by atoms with Gasteiger partial charge in [-0.05, 0) is 50.7 Å². The van der Waals surface area contributed by atoms with Crippen LogP contribution in [-0.2, 0) is 33.9 Å². The summed E-state index contributed by atoms with van der Waals surface area (Å²) in [6.07, 6.45) is 7.90. The summed E-state index contributed by atoms with van der Waals surface area (Å²) in [4.78, 5) is 52.6. The number of carbonyl (C=O) groups is 4. The Morgan fingerprint density at radius 1 is 1.24 bits per heavy atom. The van der Waals surface area contributed by atoms with Gasteiger partial charge in [-0.15, -0.1) is 0 Å². The standard InChI is InChI=1S/C23H33N5O7S2/c24-22(36)25-17-7-5-3-1-2-4-6-14-11-23(14,21(32)27-37(33,34)16-8-9-16)26-19(30)18-10-15(35-13-29)12-28(18)20(17)31/h4,6,13-18H,1-3,5,7-12H2,(H,26,30)(H,27,32)(H3,24,25,36)/b6-4-/t14-,15-,17+,18+,23-/m1/s1. The van der Waals surface area contributed by atoms with Crippen molar-refractivity contribution in [2.24, 2.45) is 11.7 Å². The number of allylic oxidation sites excluding steroid dienone is 1. The van der Waals surface area contributed by atoms with Gasteiger partial charge in [0.05, 0.1) is 11.8 Å². The lowest BCUT2D eigenvalue weighted by molar-refractivity contribution is -0.141. The number of hydrogen-bond donors (Lipinski definition) is 4. The maximum absolute atomic E-state index is 13.5. The fourth-order valence-electron chi connectivity index (χ4n) is 5.11. The molecule has 4 aliphatic rings. The normalized spacial score (nSPS) is 33.5. The summed E-state index contributed by atoms with van der Waals surface area (Å²) in [7, 11) is -3.82. The van der Waals surface area contributed by atoms with Crippen molar-refractivity contribution in [1.29, 1.82) is 0 Å². The third kappa shape index (κ3) is 6.22. The third-order valence-corrected chi connectivity index (χ3v) is 9.34. The summed E-state index contributed by atoms with van der Waals surface area (Å²) in [5, 5.41) is 4.92. The minimum atomic E-state index is -3.82. The van der Waals surface area contributed by atoms with Crippen LogP contribution >= 0.6 is 12.2 Å². The molecule has 5 atom stereocenters. The molecular formula is C23H33N5O7S2. The van der Waals surface area contributed by atoms with Gasteiger partial charge in [0.1, 0.15) is 23.7 Å². The summed E-state index contributed by atoms with van der Waals surface area (Å²) >= 11 is 4.95. The van der Waals surface area contributed by atoms with Crippen molar-refractivity contribution in [3.8, 4) is 0 Å². The molecule has 1 saturated heterocycles. The Morgan fingerprint density at radius 2 is 2.00 bits per heavy atom. The van der Waals surface area contributed by atoms with Crippen LogP contribution in [0.5, 0.6) is 0 Å². The molecule has 0 aromatic carbocycles. The van der Waals surface area contributed by atoms with E-state index in [1.807, 2.05) is 12.2 Å². The zero-order chi connectivity index (χ0) is 26.8. The molecule has 2 aliphatic carbocycles. The first-order valence-corrected chi connectivity index (χ1v) is 14.5. The van der Waals surface area contributed by atoms with E-state index < -0.39 is 56.7 Å². The second-order valence-electron chi connectivity index (χ2n) is 10.2. The van der Waals surface area contributed by atoms with E-state index in [0.717, 1.165) is 19.3 Å². The summed E-state index contributed by atoms with van der Waals surface area (Å²) in [5.74, 6) is -2.20. The number of nitrogens with two attached hydrogens (primary N) is 1. The van der Waals surface area contributed by atoms with E-state index in [9.17, 15) is 27.6 Å². The second kappa shape index (κ2) is 10.9. The van der Waals surface area contributed by atoms with Crippen LogP contribution in [0.15, 0.2) is 12.2 Å². The first-order chi connectivity index (χ1) is 17.6. The number of fused-ring (bicyclic) bond motifs is 2. The highest BCUT2D eigenvalue weighted by molar-refractivity contribution is 7.91. The van der Waals surface area contributed by atoms with Crippen molar-refractivity contribution in [2.45, 2.75) is 86.8 Å². The summed E-state index contributed by atoms with van der Waals surface area (Å²) in [6.45, 7) is 0.257. The Morgan fingerprint density at radius 3 is 2.68 bits per heavy atom. The van der Waals surface area contributed by atoms with E-state index in [1.165, 1.54) is 4.90 Å². The molecule has 204 valence electrons. The highest BCUT2D eigenvalue weighted by Crippen LogP contribution is 2.46. The molecule has 12 nitrogen and oxygen atoms in total. The Labute approximate surface area is 221 Å². The number of hydrogen-bond acceptors (Lipinski definition) is 8. The van der Waals surface area contributed by atoms with E-state index >= 15 is 0 Å². The summed E-state index contributed by atoms with van der Waals surface area (Å²) in [5.41, 5.74) is 4.21. The molecule has 5 N–H and O–H groups in total. The van der Waals surface area contributed by atoms with Crippen LogP contribution in [0.1, 0.15) is 57.8 Å². The monoisotopic (exact) mass is 555 g/mol. The molecule has 14 heteroatoms. The fourth-order valence-corrected chi connectivity index (χ4v) is 6.62. The van der Waals surface area contributed by atoms with Crippen LogP contribution in [0.4, 0.5) is 0 Å². The van der Waals surface area contributed by atoms with Gasteiger partial charge in [-0.25, -0.2) is 8.42 Å². The number of sulfonamides is 1. The number of carbonyl (C=O) groups excluding carboxylic acids is 4. The molecule has 37 heavy (non-hydrogen) atoms. The Balaban J connectivity index is 1.61. The van der Waals surface area contributed by atoms with Gasteiger partial charge in [-0.2, -0.15) is 0 Å². The number of nitrogens with zero attached hydrogens (tertiary/aromatic N) is 1. The molecule has 2 aliphatic heterocycles. The van der Waals surface area contributed by atoms with Crippen molar-refractivity contribution >= 4 is 51.5 Å². The lowest BCUT2D eigenvalue weighted by atomic mass is 10.1. The van der Waals surface area contributed by atoms with E-state index in [4.69, 9.17) is 22.7 Å². The second-order valence-corrected chi connectivity index (χ2v) is 12.6. The number of amides is 3. The minimum absolute atomic E-state index is 0.0102. The Bertz CT molecular complexity index is 1090. The molecule has 0 aromatic heterocycles. The molecule has 3 fully saturated rings. The summed E-state index contributed by atoms with van der Waals surface area (Å²) < 4.78 is 32.1. The third-order valence-electron chi connectivity index (χ3n) is 7.41. The lowest BCUT2D eigenvalue weighted by Crippen LogP contribution is -2.58. The fraction of sp³-hybridized carbons (Fsp3) is 0.696. The first kappa shape index (κ1) is 27.3. The van der Waals surface area contributed by atoms with Gasteiger partial charge in [0.25, 0.3) is 12.4 Å². The van der Waals surface area contributed by atoms with Gasteiger partial charge in [0, 0.05) is 12.3 Å². The minimum Gasteiger partial charge on any atom is -0.463 e. The predicted molar refractivity (Wildman–Crippen MR) is 136 cm³/mol. The average molecular weight is 556 g/mol. The van der Waals surface area contributed by atoms with Crippen molar-refractivity contribution in [1.82, 2.24) is 20.3 Å².